The van der Waals surface area contributed by atoms with Crippen LogP contribution in [0.2, 0.25) is 10.0 Å². The van der Waals surface area contributed by atoms with E-state index in [0.717, 1.165) is 19.3 Å². The number of hydrogen-bond acceptors (Lipinski definition) is 3. The highest BCUT2D eigenvalue weighted by Gasteiger charge is 2.06. The molecule has 0 radical (unpaired) electrons. The molecule has 19 heavy (non-hydrogen) atoms. The van der Waals surface area contributed by atoms with Gasteiger partial charge < -0.3 is 4.74 Å². The van der Waals surface area contributed by atoms with Crippen molar-refractivity contribution < 1.29 is 13.2 Å². The van der Waals surface area contributed by atoms with Gasteiger partial charge in [0.25, 0.3) is 0 Å². The predicted molar refractivity (Wildman–Crippen MR) is 80.1 cm³/mol. The van der Waals surface area contributed by atoms with E-state index in [1.54, 1.807) is 18.2 Å². The number of unbranched alkanes of at least 4 members (excludes halogenated alkanes) is 3. The van der Waals surface area contributed by atoms with Crippen LogP contribution in [-0.4, -0.2) is 20.8 Å². The molecule has 1 rings (SSSR count). The maximum atomic E-state index is 10.7. The van der Waals surface area contributed by atoms with Crippen LogP contribution in [0.15, 0.2) is 18.2 Å². The Kier molecular flexibility index (Phi) is 7.29. The molecule has 7 heteroatoms. The van der Waals surface area contributed by atoms with Crippen molar-refractivity contribution in [3.8, 4) is 5.75 Å². The number of rotatable bonds is 8. The first-order valence-corrected chi connectivity index (χ1v) is 9.13. The van der Waals surface area contributed by atoms with Crippen molar-refractivity contribution in [1.29, 1.82) is 0 Å². The zero-order chi connectivity index (χ0) is 14.3. The van der Waals surface area contributed by atoms with E-state index >= 15 is 0 Å². The topological polar surface area (TPSA) is 43.4 Å². The molecule has 0 fully saturated rings. The Balaban J connectivity index is 2.18. The van der Waals surface area contributed by atoms with E-state index in [1.807, 2.05) is 0 Å². The van der Waals surface area contributed by atoms with Crippen LogP contribution in [0, 0.1) is 0 Å². The third kappa shape index (κ3) is 7.25. The van der Waals surface area contributed by atoms with Crippen molar-refractivity contribution >= 4 is 42.9 Å². The van der Waals surface area contributed by atoms with Crippen LogP contribution in [0.25, 0.3) is 0 Å². The molecule has 0 aliphatic heterocycles. The van der Waals surface area contributed by atoms with Gasteiger partial charge >= 0.3 is 0 Å². The molecule has 0 aliphatic carbocycles. The Bertz CT molecular complexity index is 483. The van der Waals surface area contributed by atoms with E-state index in [4.69, 9.17) is 38.6 Å². The Morgan fingerprint density at radius 1 is 1.00 bits per heavy atom. The maximum Gasteiger partial charge on any atom is 0.232 e. The number of para-hydroxylation sites is 1. The Morgan fingerprint density at radius 3 is 2.16 bits per heavy atom. The van der Waals surface area contributed by atoms with Gasteiger partial charge in [-0.05, 0) is 25.0 Å². The van der Waals surface area contributed by atoms with E-state index < -0.39 is 9.05 Å². The Hall–Kier alpha value is -0.160. The lowest BCUT2D eigenvalue weighted by molar-refractivity contribution is 0.305. The molecular formula is C12H15Cl3O3S. The van der Waals surface area contributed by atoms with Crippen molar-refractivity contribution in [3.05, 3.63) is 28.2 Å². The van der Waals surface area contributed by atoms with Crippen molar-refractivity contribution in [2.75, 3.05) is 12.4 Å². The van der Waals surface area contributed by atoms with Gasteiger partial charge in [0.15, 0.2) is 5.75 Å². The predicted octanol–water partition coefficient (Wildman–Crippen LogP) is 4.50. The van der Waals surface area contributed by atoms with Gasteiger partial charge in [-0.25, -0.2) is 8.42 Å². The standard InChI is InChI=1S/C12H15Cl3O3S/c13-10-6-5-7-11(14)12(10)18-8-3-1-2-4-9-19(15,16)17/h5-7H,1-4,8-9H2. The first-order valence-electron chi connectivity index (χ1n) is 5.89. The molecule has 3 nitrogen and oxygen atoms in total. The van der Waals surface area contributed by atoms with E-state index in [-0.39, 0.29) is 5.75 Å². The third-order valence-electron chi connectivity index (χ3n) is 2.45. The van der Waals surface area contributed by atoms with Gasteiger partial charge in [-0.1, -0.05) is 42.1 Å². The highest BCUT2D eigenvalue weighted by atomic mass is 35.7. The van der Waals surface area contributed by atoms with Gasteiger partial charge in [0.1, 0.15) is 0 Å². The fourth-order valence-electron chi connectivity index (χ4n) is 1.52. The summed E-state index contributed by atoms with van der Waals surface area (Å²) in [4.78, 5) is 0. The van der Waals surface area contributed by atoms with Gasteiger partial charge in [-0.2, -0.15) is 0 Å². The third-order valence-corrected chi connectivity index (χ3v) is 4.28. The summed E-state index contributed by atoms with van der Waals surface area (Å²) < 4.78 is 26.9. The number of halogens is 3. The molecule has 0 saturated heterocycles. The lowest BCUT2D eigenvalue weighted by Gasteiger charge is -2.09. The highest BCUT2D eigenvalue weighted by molar-refractivity contribution is 8.13. The highest BCUT2D eigenvalue weighted by Crippen LogP contribution is 2.32. The van der Waals surface area contributed by atoms with Crippen LogP contribution in [0.5, 0.6) is 5.75 Å². The van der Waals surface area contributed by atoms with Crippen LogP contribution >= 0.6 is 33.9 Å². The fourth-order valence-corrected chi connectivity index (χ4v) is 2.91. The zero-order valence-corrected chi connectivity index (χ0v) is 13.3. The molecule has 0 aliphatic rings. The van der Waals surface area contributed by atoms with Gasteiger partial charge in [0, 0.05) is 10.7 Å². The molecule has 0 unspecified atom stereocenters. The average molecular weight is 346 g/mol. The van der Waals surface area contributed by atoms with E-state index in [0.29, 0.717) is 28.8 Å². The van der Waals surface area contributed by atoms with Crippen molar-refractivity contribution in [2.45, 2.75) is 25.7 Å². The average Bonchev–Trinajstić information content (AvgIpc) is 2.29. The number of benzene rings is 1. The van der Waals surface area contributed by atoms with Crippen molar-refractivity contribution in [3.63, 3.8) is 0 Å². The molecule has 0 aromatic heterocycles. The van der Waals surface area contributed by atoms with E-state index in [2.05, 4.69) is 0 Å². The summed E-state index contributed by atoms with van der Waals surface area (Å²) in [6.07, 6.45) is 3.04. The van der Waals surface area contributed by atoms with Crippen molar-refractivity contribution in [2.24, 2.45) is 0 Å². The first kappa shape index (κ1) is 16.9. The summed E-state index contributed by atoms with van der Waals surface area (Å²) in [6, 6.07) is 5.19. The lowest BCUT2D eigenvalue weighted by atomic mass is 10.2. The second-order valence-electron chi connectivity index (χ2n) is 4.06. The second-order valence-corrected chi connectivity index (χ2v) is 7.77. The maximum absolute atomic E-state index is 10.7. The molecule has 0 atom stereocenters. The molecule has 0 N–H and O–H groups in total. The summed E-state index contributed by atoms with van der Waals surface area (Å²) in [5.41, 5.74) is 0. The van der Waals surface area contributed by atoms with Crippen LogP contribution in [-0.2, 0) is 9.05 Å². The molecule has 0 bridgehead atoms. The zero-order valence-electron chi connectivity index (χ0n) is 10.2. The molecular weight excluding hydrogens is 331 g/mol. The first-order chi connectivity index (χ1) is 8.90. The van der Waals surface area contributed by atoms with Crippen molar-refractivity contribution in [1.82, 2.24) is 0 Å². The molecule has 108 valence electrons. The minimum atomic E-state index is -3.37. The summed E-state index contributed by atoms with van der Waals surface area (Å²) in [5, 5.41) is 0.974. The van der Waals surface area contributed by atoms with Crippen LogP contribution in [0.3, 0.4) is 0 Å². The summed E-state index contributed by atoms with van der Waals surface area (Å²) in [5.74, 6) is 0.514. The van der Waals surface area contributed by atoms with E-state index in [9.17, 15) is 8.42 Å². The summed E-state index contributed by atoms with van der Waals surface area (Å²) >= 11 is 11.9. The molecule has 1 aromatic carbocycles. The van der Waals surface area contributed by atoms with Crippen LogP contribution in [0.1, 0.15) is 25.7 Å². The summed E-state index contributed by atoms with van der Waals surface area (Å²) in [6.45, 7) is 0.497. The molecule has 0 saturated carbocycles. The molecule has 0 spiro atoms. The SMILES string of the molecule is O=S(=O)(Cl)CCCCCCOc1c(Cl)cccc1Cl. The summed E-state index contributed by atoms with van der Waals surface area (Å²) in [7, 11) is 1.74. The minimum Gasteiger partial charge on any atom is -0.490 e. The Morgan fingerprint density at radius 2 is 1.58 bits per heavy atom. The van der Waals surface area contributed by atoms with Gasteiger partial charge in [0.05, 0.1) is 22.4 Å². The number of ether oxygens (including phenoxy) is 1. The fraction of sp³-hybridized carbons (Fsp3) is 0.500. The lowest BCUT2D eigenvalue weighted by Crippen LogP contribution is -2.00. The van der Waals surface area contributed by atoms with Gasteiger partial charge in [-0.15, -0.1) is 0 Å². The Labute approximate surface area is 128 Å². The minimum absolute atomic E-state index is 0.0196. The number of hydrogen-bond donors (Lipinski definition) is 0. The molecule has 1 aromatic rings. The van der Waals surface area contributed by atoms with Gasteiger partial charge in [0.2, 0.25) is 9.05 Å². The monoisotopic (exact) mass is 344 g/mol. The van der Waals surface area contributed by atoms with Gasteiger partial charge in [-0.3, -0.25) is 0 Å². The second kappa shape index (κ2) is 8.20. The largest absolute Gasteiger partial charge is 0.490 e. The van der Waals surface area contributed by atoms with Crippen LogP contribution < -0.4 is 4.74 Å². The smallest absolute Gasteiger partial charge is 0.232 e. The van der Waals surface area contributed by atoms with E-state index in [1.165, 1.54) is 0 Å². The molecule has 0 amide bonds. The normalized spacial score (nSPS) is 11.5. The van der Waals surface area contributed by atoms with Crippen LogP contribution in [0.4, 0.5) is 0 Å². The molecule has 0 heterocycles. The quantitative estimate of drug-likeness (QED) is 0.514.